The summed E-state index contributed by atoms with van der Waals surface area (Å²) in [5.74, 6) is -2.90. The van der Waals surface area contributed by atoms with E-state index in [-0.39, 0.29) is 28.9 Å². The van der Waals surface area contributed by atoms with Gasteiger partial charge in [0.25, 0.3) is 0 Å². The minimum absolute atomic E-state index is 0.0467. The number of aromatic hydroxyl groups is 4. The predicted molar refractivity (Wildman–Crippen MR) is 196 cm³/mol. The molecule has 1 aliphatic rings. The van der Waals surface area contributed by atoms with Gasteiger partial charge in [-0.3, -0.25) is 4.79 Å². The average Bonchev–Trinajstić information content (AvgIpc) is 3.11. The number of hydrogen-bond donors (Lipinski definition) is 7. The van der Waals surface area contributed by atoms with Crippen molar-refractivity contribution < 1.29 is 54.4 Å². The molecule has 1 fully saturated rings. The van der Waals surface area contributed by atoms with Crippen LogP contribution in [0.25, 0.3) is 22.3 Å². The summed E-state index contributed by atoms with van der Waals surface area (Å²) in [4.78, 5) is 13.6. The van der Waals surface area contributed by atoms with Crippen LogP contribution < -0.4 is 10.2 Å². The highest BCUT2D eigenvalue weighted by molar-refractivity contribution is 5.88. The molecule has 4 rings (SSSR count). The molecule has 7 N–H and O–H groups in total. The molecule has 0 unspecified atom stereocenters. The third-order valence-electron chi connectivity index (χ3n) is 8.16. The van der Waals surface area contributed by atoms with Gasteiger partial charge in [0, 0.05) is 24.3 Å². The lowest BCUT2D eigenvalue weighted by Gasteiger charge is -2.40. The van der Waals surface area contributed by atoms with Crippen molar-refractivity contribution in [3.8, 4) is 40.1 Å². The highest BCUT2D eigenvalue weighted by Crippen LogP contribution is 2.39. The molecule has 2 heterocycles. The number of unbranched alkanes of at least 4 members (excludes halogenated alkanes) is 1. The Hall–Kier alpha value is -4.85. The number of phenolic OH excluding ortho intramolecular Hbond substituents is 4. The van der Waals surface area contributed by atoms with Crippen molar-refractivity contribution in [3.63, 3.8) is 0 Å². The lowest BCUT2D eigenvalue weighted by molar-refractivity contribution is -0.279. The molecule has 280 valence electrons. The minimum Gasteiger partial charge on any atom is -0.508 e. The zero-order valence-electron chi connectivity index (χ0n) is 29.1. The summed E-state index contributed by atoms with van der Waals surface area (Å²) in [6, 6.07) is 5.55. The van der Waals surface area contributed by atoms with E-state index >= 15 is 0 Å². The van der Waals surface area contributed by atoms with E-state index in [1.54, 1.807) is 0 Å². The summed E-state index contributed by atoms with van der Waals surface area (Å²) in [5, 5.41) is 71.9. The minimum atomic E-state index is -1.83. The van der Waals surface area contributed by atoms with Crippen molar-refractivity contribution in [1.82, 2.24) is 0 Å². The van der Waals surface area contributed by atoms with Crippen LogP contribution in [0.3, 0.4) is 0 Å². The van der Waals surface area contributed by atoms with E-state index in [2.05, 4.69) is 67.7 Å². The summed E-state index contributed by atoms with van der Waals surface area (Å²) < 4.78 is 23.1. The number of fused-ring (bicyclic) bond motifs is 1. The molecule has 0 amide bonds. The molecule has 12 heteroatoms. The Morgan fingerprint density at radius 3 is 2.00 bits per heavy atom. The van der Waals surface area contributed by atoms with Crippen LogP contribution in [0.4, 0.5) is 0 Å². The van der Waals surface area contributed by atoms with E-state index in [4.69, 9.17) is 18.6 Å². The van der Waals surface area contributed by atoms with Gasteiger partial charge in [0.2, 0.25) is 17.5 Å². The zero-order chi connectivity index (χ0) is 37.5. The summed E-state index contributed by atoms with van der Waals surface area (Å²) in [6.07, 6.45) is 19.4. The standard InChI is InChI=1S/C40H48O12/c1-2-3-4-5-6-7-8-9-10-11-12-13-14-15-16-17-18-21-49-25-32-34(45)36(47)37(48)40(51-32)52-39-35(46)33-30(44)23-27(41)24-31(33)50-38(39)26-19-20-28(42)29(43)22-26/h3-4,6-7,9-10,12-13,15-16,19-20,22-24,32,34,36-37,40-45,47-48H,2,5,8,11,14,17-18,21,25H2,1H3/b4-3-,7-6-,10-9-,13-12-,16-15-/t32-,34-,36+,37-,40+/m1/s1. The SMILES string of the molecule is CC/C=C\C/C=C\C/C=C\C/C=C\C/C=C\CCCOC[C@H]1O[C@@H](Oc2c(-c3ccc(O)c(O)c3)oc3cc(O)cc(O)c3c2=O)[C@H](O)[C@@H](O)[C@@H]1O. The van der Waals surface area contributed by atoms with Gasteiger partial charge in [-0.25, -0.2) is 0 Å². The highest BCUT2D eigenvalue weighted by Gasteiger charge is 2.45. The Morgan fingerprint density at radius 2 is 1.37 bits per heavy atom. The van der Waals surface area contributed by atoms with E-state index in [1.165, 1.54) is 6.07 Å². The second kappa shape index (κ2) is 20.3. The number of rotatable bonds is 18. The summed E-state index contributed by atoms with van der Waals surface area (Å²) in [5.41, 5.74) is -1.11. The summed E-state index contributed by atoms with van der Waals surface area (Å²) >= 11 is 0. The van der Waals surface area contributed by atoms with Crippen LogP contribution in [0.2, 0.25) is 0 Å². The average molecular weight is 721 g/mol. The Bertz CT molecular complexity index is 1800. The van der Waals surface area contributed by atoms with Crippen molar-refractivity contribution in [2.75, 3.05) is 13.2 Å². The van der Waals surface area contributed by atoms with Gasteiger partial charge in [0.1, 0.15) is 46.9 Å². The van der Waals surface area contributed by atoms with E-state index in [1.807, 2.05) is 0 Å². The van der Waals surface area contributed by atoms with Gasteiger partial charge in [0.15, 0.2) is 17.3 Å². The molecule has 1 aliphatic heterocycles. The van der Waals surface area contributed by atoms with Crippen LogP contribution in [-0.4, -0.2) is 79.7 Å². The van der Waals surface area contributed by atoms with Crippen molar-refractivity contribution in [1.29, 1.82) is 0 Å². The maximum atomic E-state index is 13.6. The first-order chi connectivity index (χ1) is 25.1. The van der Waals surface area contributed by atoms with Gasteiger partial charge in [-0.1, -0.05) is 67.7 Å². The summed E-state index contributed by atoms with van der Waals surface area (Å²) in [6.45, 7) is 2.28. The van der Waals surface area contributed by atoms with E-state index in [9.17, 15) is 40.5 Å². The van der Waals surface area contributed by atoms with Crippen molar-refractivity contribution in [2.24, 2.45) is 0 Å². The third kappa shape index (κ3) is 11.1. The first kappa shape index (κ1) is 39.9. The molecule has 0 aliphatic carbocycles. The molecule has 12 nitrogen and oxygen atoms in total. The fourth-order valence-electron chi connectivity index (χ4n) is 5.37. The molecular formula is C40H48O12. The number of allylic oxidation sites excluding steroid dienone is 10. The molecule has 0 saturated carbocycles. The van der Waals surface area contributed by atoms with Crippen molar-refractivity contribution in [3.05, 3.63) is 101 Å². The topological polar surface area (TPSA) is 200 Å². The fourth-order valence-corrected chi connectivity index (χ4v) is 5.37. The Kier molecular flexibility index (Phi) is 15.6. The van der Waals surface area contributed by atoms with Gasteiger partial charge in [0.05, 0.1) is 6.61 Å². The van der Waals surface area contributed by atoms with Crippen LogP contribution >= 0.6 is 0 Å². The normalized spacial score (nSPS) is 21.2. The molecule has 5 atom stereocenters. The van der Waals surface area contributed by atoms with Gasteiger partial charge < -0.3 is 54.4 Å². The Balaban J connectivity index is 1.30. The maximum absolute atomic E-state index is 13.6. The molecule has 0 radical (unpaired) electrons. The molecule has 3 aromatic rings. The Morgan fingerprint density at radius 1 is 0.731 bits per heavy atom. The number of aliphatic hydroxyl groups is 3. The van der Waals surface area contributed by atoms with E-state index in [0.717, 1.165) is 62.8 Å². The first-order valence-corrected chi connectivity index (χ1v) is 17.4. The maximum Gasteiger partial charge on any atom is 0.239 e. The first-order valence-electron chi connectivity index (χ1n) is 17.4. The van der Waals surface area contributed by atoms with Crippen LogP contribution in [0.15, 0.2) is 100 Å². The van der Waals surface area contributed by atoms with Crippen LogP contribution in [0.1, 0.15) is 51.9 Å². The second-order valence-corrected chi connectivity index (χ2v) is 12.2. The highest BCUT2D eigenvalue weighted by atomic mass is 16.7. The monoisotopic (exact) mass is 720 g/mol. The molecule has 0 bridgehead atoms. The van der Waals surface area contributed by atoms with Crippen molar-refractivity contribution in [2.45, 2.75) is 82.6 Å². The summed E-state index contributed by atoms with van der Waals surface area (Å²) in [7, 11) is 0. The largest absolute Gasteiger partial charge is 0.508 e. The van der Waals surface area contributed by atoms with E-state index in [0.29, 0.717) is 13.0 Å². The second-order valence-electron chi connectivity index (χ2n) is 12.2. The molecule has 2 aromatic carbocycles. The number of aliphatic hydroxyl groups excluding tert-OH is 3. The molecular weight excluding hydrogens is 672 g/mol. The quantitative estimate of drug-likeness (QED) is 0.0459. The van der Waals surface area contributed by atoms with Gasteiger partial charge >= 0.3 is 0 Å². The number of phenols is 4. The fraction of sp³-hybridized carbons (Fsp3) is 0.375. The number of benzene rings is 2. The van der Waals surface area contributed by atoms with E-state index < -0.39 is 64.9 Å². The van der Waals surface area contributed by atoms with Crippen molar-refractivity contribution >= 4 is 11.0 Å². The smallest absolute Gasteiger partial charge is 0.239 e. The molecule has 0 spiro atoms. The molecule has 52 heavy (non-hydrogen) atoms. The van der Waals surface area contributed by atoms with Gasteiger partial charge in [-0.15, -0.1) is 0 Å². The number of hydrogen-bond acceptors (Lipinski definition) is 12. The van der Waals surface area contributed by atoms with Crippen LogP contribution in [-0.2, 0) is 9.47 Å². The molecule has 1 saturated heterocycles. The van der Waals surface area contributed by atoms with Crippen LogP contribution in [0.5, 0.6) is 28.7 Å². The lowest BCUT2D eigenvalue weighted by Crippen LogP contribution is -2.60. The lowest BCUT2D eigenvalue weighted by atomic mass is 9.99. The predicted octanol–water partition coefficient (Wildman–Crippen LogP) is 6.02. The number of ether oxygens (including phenoxy) is 3. The zero-order valence-corrected chi connectivity index (χ0v) is 29.1. The van der Waals surface area contributed by atoms with Gasteiger partial charge in [-0.2, -0.15) is 0 Å². The van der Waals surface area contributed by atoms with Gasteiger partial charge in [-0.05, 0) is 63.1 Å². The Labute approximate surface area is 302 Å². The van der Waals surface area contributed by atoms with Crippen LogP contribution in [0, 0.1) is 0 Å². The molecule has 1 aromatic heterocycles. The third-order valence-corrected chi connectivity index (χ3v) is 8.16.